The van der Waals surface area contributed by atoms with Crippen LogP contribution in [0, 0.1) is 5.82 Å². The molecule has 1 aromatic carbocycles. The maximum Gasteiger partial charge on any atom is 0.407 e. The van der Waals surface area contributed by atoms with E-state index in [-0.39, 0.29) is 16.6 Å². The number of carbonyl (C=O) groups excluding carboxylic acids is 1. The number of carbonyl (C=O) groups is 1. The summed E-state index contributed by atoms with van der Waals surface area (Å²) in [6.45, 7) is 6.18. The molecule has 0 aliphatic rings. The molecule has 0 heterocycles. The topological polar surface area (TPSA) is 70.6 Å². The van der Waals surface area contributed by atoms with Gasteiger partial charge < -0.3 is 20.5 Å². The summed E-state index contributed by atoms with van der Waals surface area (Å²) in [6.07, 6.45) is -1.56. The molecule has 23 heavy (non-hydrogen) atoms. The van der Waals surface area contributed by atoms with Crippen LogP contribution in [0.25, 0.3) is 0 Å². The Morgan fingerprint density at radius 1 is 1.43 bits per heavy atom. The van der Waals surface area contributed by atoms with E-state index in [0.29, 0.717) is 18.1 Å². The number of rotatable bonds is 6. The van der Waals surface area contributed by atoms with Gasteiger partial charge in [-0.2, -0.15) is 0 Å². The second-order valence-corrected chi connectivity index (χ2v) is 7.23. The Balaban J connectivity index is 2.35. The van der Waals surface area contributed by atoms with E-state index in [1.54, 1.807) is 20.8 Å². The fourth-order valence-electron chi connectivity index (χ4n) is 1.73. The van der Waals surface area contributed by atoms with Crippen molar-refractivity contribution in [3.8, 4) is 0 Å². The minimum absolute atomic E-state index is 0.108. The van der Waals surface area contributed by atoms with Gasteiger partial charge in [-0.1, -0.05) is 11.6 Å². The van der Waals surface area contributed by atoms with Gasteiger partial charge >= 0.3 is 6.09 Å². The quantitative estimate of drug-likeness (QED) is 0.496. The predicted molar refractivity (Wildman–Crippen MR) is 91.2 cm³/mol. The summed E-state index contributed by atoms with van der Waals surface area (Å²) in [5, 5.41) is 15.8. The zero-order valence-electron chi connectivity index (χ0n) is 13.3. The Morgan fingerprint density at radius 3 is 2.70 bits per heavy atom. The molecular formula is C15H21BrClFN2O3. The van der Waals surface area contributed by atoms with E-state index in [1.807, 2.05) is 0 Å². The predicted octanol–water partition coefficient (Wildman–Crippen LogP) is 3.39. The molecule has 0 radical (unpaired) electrons. The van der Waals surface area contributed by atoms with Crippen molar-refractivity contribution >= 4 is 33.6 Å². The lowest BCUT2D eigenvalue weighted by Gasteiger charge is -2.20. The van der Waals surface area contributed by atoms with Gasteiger partial charge in [0.1, 0.15) is 11.4 Å². The second kappa shape index (κ2) is 8.82. The molecule has 3 N–H and O–H groups in total. The van der Waals surface area contributed by atoms with Crippen LogP contribution in [0.3, 0.4) is 0 Å². The van der Waals surface area contributed by atoms with Gasteiger partial charge in [0.05, 0.1) is 10.6 Å². The number of aliphatic hydroxyl groups is 1. The average molecular weight is 412 g/mol. The fraction of sp³-hybridized carbons (Fsp3) is 0.533. The summed E-state index contributed by atoms with van der Waals surface area (Å²) in [4.78, 5) is 11.4. The summed E-state index contributed by atoms with van der Waals surface area (Å²) in [5.74, 6) is -0.546. The summed E-state index contributed by atoms with van der Waals surface area (Å²) in [6, 6.07) is 2.80. The maximum atomic E-state index is 13.9. The van der Waals surface area contributed by atoms with E-state index in [1.165, 1.54) is 12.1 Å². The SMILES string of the molecule is CC(C)(C)OC(=O)NCCNCC(O)c1cc(Cl)cc(Br)c1F. The van der Waals surface area contributed by atoms with Gasteiger partial charge in [-0.15, -0.1) is 0 Å². The molecular weight excluding hydrogens is 391 g/mol. The van der Waals surface area contributed by atoms with Crippen LogP contribution < -0.4 is 10.6 Å². The zero-order chi connectivity index (χ0) is 17.6. The average Bonchev–Trinajstić information content (AvgIpc) is 2.40. The largest absolute Gasteiger partial charge is 0.444 e. The van der Waals surface area contributed by atoms with Gasteiger partial charge in [0.2, 0.25) is 0 Å². The van der Waals surface area contributed by atoms with Crippen molar-refractivity contribution in [3.63, 3.8) is 0 Å². The lowest BCUT2D eigenvalue weighted by atomic mass is 10.1. The first-order valence-electron chi connectivity index (χ1n) is 7.10. The van der Waals surface area contributed by atoms with E-state index < -0.39 is 23.6 Å². The molecule has 0 spiro atoms. The first kappa shape index (κ1) is 20.2. The van der Waals surface area contributed by atoms with E-state index in [9.17, 15) is 14.3 Å². The van der Waals surface area contributed by atoms with Crippen LogP contribution in [0.1, 0.15) is 32.4 Å². The Bertz CT molecular complexity index is 552. The summed E-state index contributed by atoms with van der Waals surface area (Å²) >= 11 is 8.89. The van der Waals surface area contributed by atoms with Crippen LogP contribution >= 0.6 is 27.5 Å². The number of hydrogen-bond acceptors (Lipinski definition) is 4. The Hall–Kier alpha value is -0.890. The zero-order valence-corrected chi connectivity index (χ0v) is 15.6. The van der Waals surface area contributed by atoms with Gasteiger partial charge in [0.15, 0.2) is 0 Å². The number of benzene rings is 1. The Morgan fingerprint density at radius 2 is 2.09 bits per heavy atom. The fourth-order valence-corrected chi connectivity index (χ4v) is 2.57. The molecule has 1 rings (SSSR count). The normalized spacial score (nSPS) is 12.8. The highest BCUT2D eigenvalue weighted by Crippen LogP contribution is 2.28. The molecule has 0 bridgehead atoms. The lowest BCUT2D eigenvalue weighted by molar-refractivity contribution is 0.0528. The van der Waals surface area contributed by atoms with Crippen LogP contribution in [0.15, 0.2) is 16.6 Å². The number of aliphatic hydroxyl groups excluding tert-OH is 1. The highest BCUT2D eigenvalue weighted by molar-refractivity contribution is 9.10. The van der Waals surface area contributed by atoms with Gasteiger partial charge in [-0.25, -0.2) is 9.18 Å². The Kier molecular flexibility index (Phi) is 7.73. The number of hydrogen-bond donors (Lipinski definition) is 3. The number of ether oxygens (including phenoxy) is 1. The monoisotopic (exact) mass is 410 g/mol. The molecule has 0 aliphatic heterocycles. The first-order chi connectivity index (χ1) is 10.6. The summed E-state index contributed by atoms with van der Waals surface area (Å²) in [7, 11) is 0. The van der Waals surface area contributed by atoms with Crippen molar-refractivity contribution < 1.29 is 19.0 Å². The molecule has 0 aliphatic carbocycles. The van der Waals surface area contributed by atoms with E-state index in [4.69, 9.17) is 16.3 Å². The van der Waals surface area contributed by atoms with Crippen LogP contribution in [0.4, 0.5) is 9.18 Å². The van der Waals surface area contributed by atoms with Crippen molar-refractivity contribution in [1.82, 2.24) is 10.6 Å². The summed E-state index contributed by atoms with van der Waals surface area (Å²) < 4.78 is 19.2. The van der Waals surface area contributed by atoms with E-state index >= 15 is 0 Å². The van der Waals surface area contributed by atoms with Gasteiger partial charge in [0.25, 0.3) is 0 Å². The minimum Gasteiger partial charge on any atom is -0.444 e. The first-order valence-corrected chi connectivity index (χ1v) is 8.27. The molecule has 1 atom stereocenters. The molecule has 8 heteroatoms. The maximum absolute atomic E-state index is 13.9. The number of halogens is 3. The molecule has 0 saturated heterocycles. The standard InChI is InChI=1S/C15H21BrClFN2O3/c1-15(2,3)23-14(22)20-5-4-19-8-12(21)10-6-9(17)7-11(16)13(10)18/h6-7,12,19,21H,4-5,8H2,1-3H3,(H,20,22). The molecule has 5 nitrogen and oxygen atoms in total. The highest BCUT2D eigenvalue weighted by Gasteiger charge is 2.17. The second-order valence-electron chi connectivity index (χ2n) is 5.94. The van der Waals surface area contributed by atoms with E-state index in [0.717, 1.165) is 0 Å². The highest BCUT2D eigenvalue weighted by atomic mass is 79.9. The minimum atomic E-state index is -1.05. The third-order valence-corrected chi connectivity index (χ3v) is 3.48. The van der Waals surface area contributed by atoms with Gasteiger partial charge in [-0.05, 0) is 48.8 Å². The van der Waals surface area contributed by atoms with Crippen LogP contribution in [-0.2, 0) is 4.74 Å². The van der Waals surface area contributed by atoms with Crippen molar-refractivity contribution in [3.05, 3.63) is 33.0 Å². The lowest BCUT2D eigenvalue weighted by Crippen LogP contribution is -2.37. The van der Waals surface area contributed by atoms with Crippen molar-refractivity contribution in [2.24, 2.45) is 0 Å². The third kappa shape index (κ3) is 7.48. The molecule has 0 fully saturated rings. The number of alkyl carbamates (subject to hydrolysis) is 1. The Labute approximate surface area is 148 Å². The smallest absolute Gasteiger partial charge is 0.407 e. The number of nitrogens with one attached hydrogen (secondary N) is 2. The van der Waals surface area contributed by atoms with Crippen molar-refractivity contribution in [2.75, 3.05) is 19.6 Å². The van der Waals surface area contributed by atoms with E-state index in [2.05, 4.69) is 26.6 Å². The molecule has 1 aromatic rings. The van der Waals surface area contributed by atoms with Crippen LogP contribution in [0.5, 0.6) is 0 Å². The molecule has 1 amide bonds. The van der Waals surface area contributed by atoms with Crippen molar-refractivity contribution in [1.29, 1.82) is 0 Å². The molecule has 1 unspecified atom stereocenters. The summed E-state index contributed by atoms with van der Waals surface area (Å²) in [5.41, 5.74) is -0.442. The van der Waals surface area contributed by atoms with Gasteiger partial charge in [-0.3, -0.25) is 0 Å². The van der Waals surface area contributed by atoms with Crippen LogP contribution in [-0.4, -0.2) is 36.4 Å². The molecule has 0 aromatic heterocycles. The number of amides is 1. The van der Waals surface area contributed by atoms with Crippen molar-refractivity contribution in [2.45, 2.75) is 32.5 Å². The molecule has 0 saturated carbocycles. The van der Waals surface area contributed by atoms with Gasteiger partial charge in [0, 0.05) is 30.2 Å². The third-order valence-electron chi connectivity index (χ3n) is 2.69. The van der Waals surface area contributed by atoms with Crippen LogP contribution in [0.2, 0.25) is 5.02 Å². The molecule has 130 valence electrons.